The van der Waals surface area contributed by atoms with Crippen LogP contribution in [0, 0.1) is 0 Å². The van der Waals surface area contributed by atoms with Gasteiger partial charge in [0.2, 0.25) is 5.91 Å². The van der Waals surface area contributed by atoms with Crippen molar-refractivity contribution in [2.24, 2.45) is 21.7 Å². The number of aldehydes is 1. The summed E-state index contributed by atoms with van der Waals surface area (Å²) in [4.78, 5) is 30.1. The molecule has 1 saturated heterocycles. The first kappa shape index (κ1) is 40.4. The quantitative estimate of drug-likeness (QED) is 0.0468. The Kier molecular flexibility index (Phi) is 21.7. The zero-order valence-electron chi connectivity index (χ0n) is 28.3. The van der Waals surface area contributed by atoms with Crippen LogP contribution >= 0.6 is 11.8 Å². The van der Waals surface area contributed by atoms with Gasteiger partial charge in [0.25, 0.3) is 0 Å². The lowest BCUT2D eigenvalue weighted by Gasteiger charge is -2.35. The third-order valence-corrected chi connectivity index (χ3v) is 8.26. The molecular weight excluding hydrogens is 626 g/mol. The highest BCUT2D eigenvalue weighted by molar-refractivity contribution is 7.99. The first-order valence-electron chi connectivity index (χ1n) is 16.2. The third kappa shape index (κ3) is 19.0. The summed E-state index contributed by atoms with van der Waals surface area (Å²) in [5, 5.41) is 7.68. The molecule has 47 heavy (non-hydrogen) atoms. The number of carbonyl (C=O) groups is 2. The van der Waals surface area contributed by atoms with E-state index in [2.05, 4.69) is 27.1 Å². The Morgan fingerprint density at radius 2 is 1.47 bits per heavy atom. The van der Waals surface area contributed by atoms with Gasteiger partial charge in [-0.05, 0) is 57.5 Å². The molecule has 0 bridgehead atoms. The summed E-state index contributed by atoms with van der Waals surface area (Å²) in [5.74, 6) is 1.45. The van der Waals surface area contributed by atoms with E-state index in [1.165, 1.54) is 0 Å². The Morgan fingerprint density at radius 3 is 2.02 bits per heavy atom. The molecule has 1 fully saturated rings. The lowest BCUT2D eigenvalue weighted by atomic mass is 10.2. The van der Waals surface area contributed by atoms with E-state index >= 15 is 0 Å². The minimum absolute atomic E-state index is 0.0762. The van der Waals surface area contributed by atoms with Crippen molar-refractivity contribution in [1.82, 2.24) is 14.7 Å². The first-order valence-corrected chi connectivity index (χ1v) is 17.4. The average molecular weight is 682 g/mol. The molecule has 1 heterocycles. The van der Waals surface area contributed by atoms with Crippen molar-refractivity contribution in [1.29, 1.82) is 0 Å². The van der Waals surface area contributed by atoms with Gasteiger partial charge in [0.15, 0.2) is 5.84 Å². The Balaban J connectivity index is 1.36. The van der Waals surface area contributed by atoms with Crippen LogP contribution in [-0.2, 0) is 28.5 Å². The maximum absolute atomic E-state index is 12.5. The number of nitrogens with zero attached hydrogens (tertiary/aromatic N) is 5. The van der Waals surface area contributed by atoms with E-state index in [1.54, 1.807) is 43.0 Å². The van der Waals surface area contributed by atoms with Gasteiger partial charge in [-0.3, -0.25) is 9.69 Å². The summed E-state index contributed by atoms with van der Waals surface area (Å²) in [6.07, 6.45) is 4.26. The minimum Gasteiger partial charge on any atom is -0.491 e. The summed E-state index contributed by atoms with van der Waals surface area (Å²) in [6, 6.07) is 7.21. The number of nitrogens with two attached hydrogens (primary N) is 2. The van der Waals surface area contributed by atoms with Gasteiger partial charge in [-0.25, -0.2) is 0 Å². The van der Waals surface area contributed by atoms with Crippen molar-refractivity contribution in [2.45, 2.75) is 25.0 Å². The van der Waals surface area contributed by atoms with Crippen molar-refractivity contribution in [3.05, 3.63) is 29.8 Å². The van der Waals surface area contributed by atoms with Gasteiger partial charge in [-0.2, -0.15) is 11.8 Å². The van der Waals surface area contributed by atoms with Crippen molar-refractivity contribution in [3.8, 4) is 5.75 Å². The SMILES string of the molecule is CSC(C=O)CCN(C)CCN1CCN(C(=O)CCOCCOCCOCCOCCOc2ccc(/C(N)=N/N=C(/C)N)cc2)CC1. The zero-order valence-corrected chi connectivity index (χ0v) is 29.2. The van der Waals surface area contributed by atoms with Gasteiger partial charge in [0, 0.05) is 44.8 Å². The summed E-state index contributed by atoms with van der Waals surface area (Å²) >= 11 is 1.60. The van der Waals surface area contributed by atoms with Crippen LogP contribution in [0.2, 0.25) is 0 Å². The Labute approximate surface area is 284 Å². The number of benzene rings is 1. The number of hydrogen-bond donors (Lipinski definition) is 2. The molecule has 0 saturated carbocycles. The summed E-state index contributed by atoms with van der Waals surface area (Å²) < 4.78 is 27.8. The van der Waals surface area contributed by atoms with E-state index in [0.29, 0.717) is 77.5 Å². The fourth-order valence-corrected chi connectivity index (χ4v) is 4.90. The Morgan fingerprint density at radius 1 is 0.894 bits per heavy atom. The summed E-state index contributed by atoms with van der Waals surface area (Å²) in [6.45, 7) is 11.7. The largest absolute Gasteiger partial charge is 0.491 e. The molecule has 4 N–H and O–H groups in total. The number of likely N-dealkylation sites (N-methyl/N-ethyl adjacent to an activating group) is 1. The summed E-state index contributed by atoms with van der Waals surface area (Å²) in [7, 11) is 2.10. The van der Waals surface area contributed by atoms with E-state index in [4.69, 9.17) is 35.2 Å². The van der Waals surface area contributed by atoms with Crippen LogP contribution in [0.1, 0.15) is 25.3 Å². The lowest BCUT2D eigenvalue weighted by molar-refractivity contribution is -0.134. The maximum Gasteiger partial charge on any atom is 0.224 e. The van der Waals surface area contributed by atoms with Gasteiger partial charge >= 0.3 is 0 Å². The molecule has 0 spiro atoms. The molecule has 1 unspecified atom stereocenters. The molecular formula is C32H55N7O7S. The third-order valence-electron chi connectivity index (χ3n) is 7.31. The number of carbonyl (C=O) groups excluding carboxylic acids is 2. The Bertz CT molecular complexity index is 1050. The number of hydrogen-bond acceptors (Lipinski definition) is 12. The van der Waals surface area contributed by atoms with Crippen LogP contribution in [0.3, 0.4) is 0 Å². The smallest absolute Gasteiger partial charge is 0.224 e. The molecule has 1 aliphatic heterocycles. The van der Waals surface area contributed by atoms with Gasteiger partial charge in [-0.15, -0.1) is 10.2 Å². The lowest BCUT2D eigenvalue weighted by Crippen LogP contribution is -2.50. The molecule has 1 atom stereocenters. The summed E-state index contributed by atoms with van der Waals surface area (Å²) in [5.41, 5.74) is 12.1. The van der Waals surface area contributed by atoms with Crippen LogP contribution < -0.4 is 16.2 Å². The second kappa shape index (κ2) is 25.3. The molecule has 0 aliphatic carbocycles. The molecule has 15 heteroatoms. The van der Waals surface area contributed by atoms with E-state index < -0.39 is 0 Å². The zero-order chi connectivity index (χ0) is 34.1. The van der Waals surface area contributed by atoms with Crippen LogP contribution in [-0.4, -0.2) is 162 Å². The van der Waals surface area contributed by atoms with Crippen LogP contribution in [0.25, 0.3) is 0 Å². The highest BCUT2D eigenvalue weighted by atomic mass is 32.2. The molecule has 0 aromatic heterocycles. The fourth-order valence-electron chi connectivity index (χ4n) is 4.44. The maximum atomic E-state index is 12.5. The van der Waals surface area contributed by atoms with Gasteiger partial charge < -0.3 is 49.7 Å². The second-order valence-electron chi connectivity index (χ2n) is 11.0. The molecule has 0 radical (unpaired) electrons. The second-order valence-corrected chi connectivity index (χ2v) is 12.1. The van der Waals surface area contributed by atoms with Gasteiger partial charge in [0.05, 0.1) is 64.5 Å². The monoisotopic (exact) mass is 681 g/mol. The Hall–Kier alpha value is -2.79. The number of piperazine rings is 1. The van der Waals surface area contributed by atoms with Crippen LogP contribution in [0.5, 0.6) is 5.75 Å². The number of thioether (sulfide) groups is 1. The van der Waals surface area contributed by atoms with E-state index in [9.17, 15) is 9.59 Å². The fraction of sp³-hybridized carbons (Fsp3) is 0.688. The molecule has 2 rings (SSSR count). The van der Waals surface area contributed by atoms with Crippen LogP contribution in [0.4, 0.5) is 0 Å². The predicted molar refractivity (Wildman–Crippen MR) is 186 cm³/mol. The molecule has 14 nitrogen and oxygen atoms in total. The molecule has 1 aliphatic rings. The van der Waals surface area contributed by atoms with Crippen molar-refractivity contribution in [2.75, 3.05) is 119 Å². The highest BCUT2D eigenvalue weighted by Gasteiger charge is 2.21. The van der Waals surface area contributed by atoms with Crippen molar-refractivity contribution in [3.63, 3.8) is 0 Å². The average Bonchev–Trinajstić information content (AvgIpc) is 3.08. The van der Waals surface area contributed by atoms with E-state index in [0.717, 1.165) is 64.1 Å². The minimum atomic E-state index is 0.0762. The number of amides is 1. The topological polar surface area (TPSA) is 167 Å². The molecule has 266 valence electrons. The van der Waals surface area contributed by atoms with Gasteiger partial charge in [0.1, 0.15) is 24.5 Å². The van der Waals surface area contributed by atoms with Crippen LogP contribution in [0.15, 0.2) is 34.5 Å². The van der Waals surface area contributed by atoms with Gasteiger partial charge in [-0.1, -0.05) is 0 Å². The normalized spacial score (nSPS) is 15.3. The highest BCUT2D eigenvalue weighted by Crippen LogP contribution is 2.12. The number of ether oxygens (including phenoxy) is 5. The first-order chi connectivity index (χ1) is 22.8. The van der Waals surface area contributed by atoms with E-state index in [1.807, 2.05) is 11.2 Å². The molecule has 1 amide bonds. The molecule has 1 aromatic carbocycles. The predicted octanol–water partition coefficient (Wildman–Crippen LogP) is 0.916. The van der Waals surface area contributed by atoms with Crippen molar-refractivity contribution < 1.29 is 33.3 Å². The number of amidine groups is 2. The van der Waals surface area contributed by atoms with Crippen molar-refractivity contribution >= 4 is 35.6 Å². The standard InChI is InChI=1S/C32H55N7O7S/c1-27(33)35-36-32(34)28-4-6-29(7-5-28)46-25-24-45-23-22-44-21-20-43-19-18-42-17-9-31(41)39-15-13-38(14-16-39)12-11-37(2)10-8-30(26-40)47-3/h4-7,26,30H,8-25H2,1-3H3,(H2,33,35)(H2,34,36). The molecule has 1 aromatic rings. The number of rotatable bonds is 26. The van der Waals surface area contributed by atoms with E-state index in [-0.39, 0.29) is 17.0 Å².